The predicted octanol–water partition coefficient (Wildman–Crippen LogP) is 7.14. The maximum absolute atomic E-state index is 13.6. The zero-order valence-corrected chi connectivity index (χ0v) is 24.2. The van der Waals surface area contributed by atoms with E-state index >= 15 is 0 Å². The van der Waals surface area contributed by atoms with Crippen molar-refractivity contribution < 1.29 is 35.9 Å². The number of nitriles is 1. The maximum atomic E-state index is 13.6. The number of carbonyl (C=O) groups excluding carboxylic acids is 2. The van der Waals surface area contributed by atoms with Gasteiger partial charge in [-0.3, -0.25) is 15.0 Å². The van der Waals surface area contributed by atoms with Crippen LogP contribution in [0.15, 0.2) is 84.9 Å². The number of fused-ring (bicyclic) bond motifs is 2. The molecule has 4 aromatic carbocycles. The van der Waals surface area contributed by atoms with Gasteiger partial charge in [-0.2, -0.15) is 31.6 Å². The third kappa shape index (κ3) is 6.96. The summed E-state index contributed by atoms with van der Waals surface area (Å²) in [4.78, 5) is 32.4. The summed E-state index contributed by atoms with van der Waals surface area (Å²) in [6.07, 6.45) is -10.8. The monoisotopic (exact) mass is 637 g/mol. The molecule has 0 aliphatic carbocycles. The van der Waals surface area contributed by atoms with Crippen molar-refractivity contribution in [2.24, 2.45) is 0 Å². The van der Waals surface area contributed by atoms with Gasteiger partial charge >= 0.3 is 12.4 Å². The molecule has 1 N–H and O–H groups in total. The lowest BCUT2D eigenvalue weighted by Crippen LogP contribution is -2.42. The van der Waals surface area contributed by atoms with Gasteiger partial charge in [-0.1, -0.05) is 54.6 Å². The number of rotatable bonds is 8. The second kappa shape index (κ2) is 12.5. The number of carbonyl (C=O) groups is 2. The highest BCUT2D eigenvalue weighted by molar-refractivity contribution is 5.95. The second-order valence-electron chi connectivity index (χ2n) is 10.7. The highest BCUT2D eigenvalue weighted by Gasteiger charge is 2.38. The molecular formula is C33H25F6N5O2. The smallest absolute Gasteiger partial charge is 0.338 e. The number of para-hydroxylation sites is 2. The number of aromatic nitrogens is 2. The zero-order valence-electron chi connectivity index (χ0n) is 24.2. The van der Waals surface area contributed by atoms with Crippen LogP contribution in [0.4, 0.5) is 26.3 Å². The van der Waals surface area contributed by atoms with E-state index in [0.29, 0.717) is 28.7 Å². The first-order valence-electron chi connectivity index (χ1n) is 13.9. The van der Waals surface area contributed by atoms with E-state index in [1.165, 1.54) is 11.7 Å². The SMILES string of the molecule is CN(C(=O)c1cc(C(F)(F)F)cc(C(F)(F)F)c1)C(CC(=O)Nn1c(CC#N)nc2ccccc21)Cc1ccc2ccccc2c1. The Morgan fingerprint density at radius 2 is 1.52 bits per heavy atom. The standard InChI is InChI=1S/C33H25F6N5O2/c1-43(31(46)23-16-24(32(34,35)36)18-25(17-23)33(37,38)39)26(15-20-10-11-21-6-2-3-7-22(21)14-20)19-30(45)42-44-28-9-5-4-8-27(28)41-29(44)12-13-40/h2-11,14,16-18,26H,12,15,19H2,1H3,(H,42,45). The quantitative estimate of drug-likeness (QED) is 0.183. The molecule has 1 unspecified atom stereocenters. The summed E-state index contributed by atoms with van der Waals surface area (Å²) in [5, 5.41) is 11.0. The second-order valence-corrected chi connectivity index (χ2v) is 10.7. The summed E-state index contributed by atoms with van der Waals surface area (Å²) in [6.45, 7) is 0. The number of hydrogen-bond donors (Lipinski definition) is 1. The van der Waals surface area contributed by atoms with E-state index in [1.807, 2.05) is 42.5 Å². The molecule has 0 fully saturated rings. The van der Waals surface area contributed by atoms with E-state index in [9.17, 15) is 41.2 Å². The van der Waals surface area contributed by atoms with Crippen molar-refractivity contribution in [1.82, 2.24) is 14.6 Å². The molecule has 0 radical (unpaired) electrons. The van der Waals surface area contributed by atoms with Crippen molar-refractivity contribution in [2.75, 3.05) is 12.5 Å². The fourth-order valence-corrected chi connectivity index (χ4v) is 5.21. The van der Waals surface area contributed by atoms with Crippen LogP contribution in [0.3, 0.4) is 0 Å². The first-order chi connectivity index (χ1) is 21.7. The van der Waals surface area contributed by atoms with E-state index in [1.54, 1.807) is 30.3 Å². The Morgan fingerprint density at radius 1 is 0.891 bits per heavy atom. The molecule has 1 heterocycles. The van der Waals surface area contributed by atoms with Crippen molar-refractivity contribution in [3.8, 4) is 6.07 Å². The topological polar surface area (TPSA) is 91.0 Å². The van der Waals surface area contributed by atoms with Crippen LogP contribution in [0.2, 0.25) is 0 Å². The molecule has 0 saturated carbocycles. The predicted molar refractivity (Wildman–Crippen MR) is 158 cm³/mol. The highest BCUT2D eigenvalue weighted by Crippen LogP contribution is 2.36. The Morgan fingerprint density at radius 3 is 2.17 bits per heavy atom. The number of amides is 2. The number of nitrogens with zero attached hydrogens (tertiary/aromatic N) is 4. The number of benzene rings is 4. The minimum Gasteiger partial charge on any atom is -0.338 e. The summed E-state index contributed by atoms with van der Waals surface area (Å²) in [6, 6.07) is 21.3. The number of imidazole rings is 1. The van der Waals surface area contributed by atoms with Gasteiger partial charge in [0.1, 0.15) is 5.82 Å². The average Bonchev–Trinajstić information content (AvgIpc) is 3.35. The van der Waals surface area contributed by atoms with Gasteiger partial charge in [0, 0.05) is 25.1 Å². The van der Waals surface area contributed by atoms with Crippen molar-refractivity contribution in [2.45, 2.75) is 37.7 Å². The average molecular weight is 638 g/mol. The van der Waals surface area contributed by atoms with Crippen LogP contribution >= 0.6 is 0 Å². The van der Waals surface area contributed by atoms with Crippen molar-refractivity contribution in [1.29, 1.82) is 5.26 Å². The van der Waals surface area contributed by atoms with E-state index in [0.717, 1.165) is 15.7 Å². The molecule has 5 rings (SSSR count). The van der Waals surface area contributed by atoms with Gasteiger partial charge in [-0.05, 0) is 53.1 Å². The number of hydrogen-bond acceptors (Lipinski definition) is 4. The lowest BCUT2D eigenvalue weighted by Gasteiger charge is -2.29. The molecule has 2 amide bonds. The Kier molecular flexibility index (Phi) is 8.74. The van der Waals surface area contributed by atoms with Crippen LogP contribution in [0, 0.1) is 11.3 Å². The summed E-state index contributed by atoms with van der Waals surface area (Å²) in [5.74, 6) is -1.52. The number of halogens is 6. The molecule has 1 aromatic heterocycles. The Labute approximate surface area is 258 Å². The Hall–Kier alpha value is -5.38. The highest BCUT2D eigenvalue weighted by atomic mass is 19.4. The molecule has 46 heavy (non-hydrogen) atoms. The third-order valence-electron chi connectivity index (χ3n) is 7.51. The Bertz CT molecular complexity index is 1940. The summed E-state index contributed by atoms with van der Waals surface area (Å²) in [5.41, 5.74) is 0.294. The maximum Gasteiger partial charge on any atom is 0.416 e. The normalized spacial score (nSPS) is 12.6. The van der Waals surface area contributed by atoms with Crippen molar-refractivity contribution >= 4 is 33.6 Å². The number of nitrogens with one attached hydrogen (secondary N) is 1. The van der Waals surface area contributed by atoms with Gasteiger partial charge < -0.3 is 4.90 Å². The molecule has 0 aliphatic rings. The van der Waals surface area contributed by atoms with Crippen LogP contribution in [0.1, 0.15) is 39.3 Å². The lowest BCUT2D eigenvalue weighted by molar-refractivity contribution is -0.143. The van der Waals surface area contributed by atoms with Crippen LogP contribution in [0.25, 0.3) is 21.8 Å². The van der Waals surface area contributed by atoms with Gasteiger partial charge in [0.05, 0.1) is 34.7 Å². The molecule has 13 heteroatoms. The molecule has 0 saturated heterocycles. The molecule has 236 valence electrons. The zero-order chi connectivity index (χ0) is 33.2. The fraction of sp³-hybridized carbons (Fsp3) is 0.212. The Balaban J connectivity index is 1.50. The van der Waals surface area contributed by atoms with E-state index in [4.69, 9.17) is 0 Å². The minimum absolute atomic E-state index is 0.0430. The molecular weight excluding hydrogens is 612 g/mol. The van der Waals surface area contributed by atoms with Crippen LogP contribution in [-0.4, -0.2) is 39.5 Å². The number of likely N-dealkylation sites (N-methyl/N-ethyl adjacent to an activating group) is 1. The van der Waals surface area contributed by atoms with Gasteiger partial charge in [0.15, 0.2) is 0 Å². The minimum atomic E-state index is -5.14. The fourth-order valence-electron chi connectivity index (χ4n) is 5.21. The van der Waals surface area contributed by atoms with Crippen molar-refractivity contribution in [3.63, 3.8) is 0 Å². The van der Waals surface area contributed by atoms with E-state index < -0.39 is 53.3 Å². The van der Waals surface area contributed by atoms with Crippen LogP contribution < -0.4 is 5.43 Å². The van der Waals surface area contributed by atoms with Crippen LogP contribution in [0.5, 0.6) is 0 Å². The van der Waals surface area contributed by atoms with Gasteiger partial charge in [-0.25, -0.2) is 9.66 Å². The van der Waals surface area contributed by atoms with E-state index in [2.05, 4.69) is 10.4 Å². The van der Waals surface area contributed by atoms with E-state index in [-0.39, 0.29) is 24.7 Å². The molecule has 0 aliphatic heterocycles. The first kappa shape index (κ1) is 32.0. The van der Waals surface area contributed by atoms with Gasteiger partial charge in [-0.15, -0.1) is 0 Å². The van der Waals surface area contributed by atoms with Gasteiger partial charge in [0.2, 0.25) is 5.91 Å². The number of alkyl halides is 6. The lowest BCUT2D eigenvalue weighted by atomic mass is 9.97. The van der Waals surface area contributed by atoms with Crippen LogP contribution in [-0.2, 0) is 30.0 Å². The summed E-state index contributed by atoms with van der Waals surface area (Å²) < 4.78 is 82.7. The first-order valence-corrected chi connectivity index (χ1v) is 13.9. The molecule has 1 atom stereocenters. The molecule has 7 nitrogen and oxygen atoms in total. The van der Waals surface area contributed by atoms with Gasteiger partial charge in [0.25, 0.3) is 5.91 Å². The molecule has 5 aromatic rings. The molecule has 0 bridgehead atoms. The van der Waals surface area contributed by atoms with Crippen molar-refractivity contribution in [3.05, 3.63) is 113 Å². The summed E-state index contributed by atoms with van der Waals surface area (Å²) >= 11 is 0. The summed E-state index contributed by atoms with van der Waals surface area (Å²) in [7, 11) is 1.22. The third-order valence-corrected chi connectivity index (χ3v) is 7.51. The molecule has 0 spiro atoms. The largest absolute Gasteiger partial charge is 0.416 e.